The van der Waals surface area contributed by atoms with Crippen molar-refractivity contribution in [3.63, 3.8) is 0 Å². The van der Waals surface area contributed by atoms with Gasteiger partial charge < -0.3 is 4.74 Å². The van der Waals surface area contributed by atoms with E-state index in [-0.39, 0.29) is 5.97 Å². The number of ether oxygens (including phenoxy) is 1. The van der Waals surface area contributed by atoms with Gasteiger partial charge in [0.2, 0.25) is 0 Å². The number of rotatable bonds is 2. The van der Waals surface area contributed by atoms with Crippen molar-refractivity contribution in [3.05, 3.63) is 40.5 Å². The standard InChI is InChI=1S/C12H10BrNO2/c1-2-16-12(15)8-4-3-5-10-11(8)9(13)6-7-14-10/h3-7H,2H2,1H3. The monoisotopic (exact) mass is 279 g/mol. The summed E-state index contributed by atoms with van der Waals surface area (Å²) in [6.07, 6.45) is 1.70. The first kappa shape index (κ1) is 11.1. The van der Waals surface area contributed by atoms with Crippen LogP contribution in [0.4, 0.5) is 0 Å². The fourth-order valence-corrected chi connectivity index (χ4v) is 2.08. The SMILES string of the molecule is CCOC(=O)c1cccc2nccc(Br)c12. The molecule has 1 aromatic heterocycles. The molecule has 0 atom stereocenters. The maximum atomic E-state index is 11.7. The summed E-state index contributed by atoms with van der Waals surface area (Å²) in [4.78, 5) is 15.9. The number of pyridine rings is 1. The Kier molecular flexibility index (Phi) is 3.19. The number of nitrogens with zero attached hydrogens (tertiary/aromatic N) is 1. The van der Waals surface area contributed by atoms with E-state index in [1.54, 1.807) is 25.3 Å². The Hall–Kier alpha value is -1.42. The molecule has 0 amide bonds. The summed E-state index contributed by atoms with van der Waals surface area (Å²) in [5, 5.41) is 0.795. The highest BCUT2D eigenvalue weighted by atomic mass is 79.9. The molecule has 0 saturated heterocycles. The smallest absolute Gasteiger partial charge is 0.338 e. The van der Waals surface area contributed by atoms with E-state index in [2.05, 4.69) is 20.9 Å². The first-order chi connectivity index (χ1) is 7.74. The zero-order valence-corrected chi connectivity index (χ0v) is 10.3. The lowest BCUT2D eigenvalue weighted by atomic mass is 10.1. The maximum absolute atomic E-state index is 11.7. The zero-order chi connectivity index (χ0) is 11.5. The van der Waals surface area contributed by atoms with Gasteiger partial charge in [-0.2, -0.15) is 0 Å². The lowest BCUT2D eigenvalue weighted by molar-refractivity contribution is 0.0528. The van der Waals surface area contributed by atoms with Gasteiger partial charge in [-0.05, 0) is 25.1 Å². The van der Waals surface area contributed by atoms with E-state index in [1.165, 1.54) is 0 Å². The summed E-state index contributed by atoms with van der Waals surface area (Å²) < 4.78 is 5.85. The molecule has 0 fully saturated rings. The predicted molar refractivity (Wildman–Crippen MR) is 65.4 cm³/mol. The van der Waals surface area contributed by atoms with Crippen LogP contribution in [0, 0.1) is 0 Å². The Balaban J connectivity index is 2.65. The lowest BCUT2D eigenvalue weighted by Crippen LogP contribution is -2.05. The van der Waals surface area contributed by atoms with Crippen LogP contribution in [0.25, 0.3) is 10.9 Å². The molecule has 1 aromatic carbocycles. The number of fused-ring (bicyclic) bond motifs is 1. The number of halogens is 1. The number of benzene rings is 1. The highest BCUT2D eigenvalue weighted by molar-refractivity contribution is 9.10. The van der Waals surface area contributed by atoms with Gasteiger partial charge in [0.25, 0.3) is 0 Å². The third kappa shape index (κ3) is 1.93. The Labute approximate surface area is 102 Å². The van der Waals surface area contributed by atoms with Crippen molar-refractivity contribution in [2.45, 2.75) is 6.92 Å². The average Bonchev–Trinajstić information content (AvgIpc) is 2.29. The summed E-state index contributed by atoms with van der Waals surface area (Å²) in [5.74, 6) is -0.318. The summed E-state index contributed by atoms with van der Waals surface area (Å²) in [6.45, 7) is 2.16. The number of carbonyl (C=O) groups excluding carboxylic acids is 1. The molecule has 4 heteroatoms. The van der Waals surface area contributed by atoms with E-state index in [0.29, 0.717) is 12.2 Å². The van der Waals surface area contributed by atoms with Crippen LogP contribution in [0.2, 0.25) is 0 Å². The fraction of sp³-hybridized carbons (Fsp3) is 0.167. The number of hydrogen-bond donors (Lipinski definition) is 0. The number of hydrogen-bond acceptors (Lipinski definition) is 3. The Morgan fingerprint density at radius 1 is 1.44 bits per heavy atom. The quantitative estimate of drug-likeness (QED) is 0.793. The van der Waals surface area contributed by atoms with Gasteiger partial charge >= 0.3 is 5.97 Å². The second-order valence-corrected chi connectivity index (χ2v) is 4.07. The third-order valence-electron chi connectivity index (χ3n) is 2.21. The minimum absolute atomic E-state index is 0.318. The van der Waals surface area contributed by atoms with Crippen LogP contribution in [-0.2, 0) is 4.74 Å². The Morgan fingerprint density at radius 2 is 2.25 bits per heavy atom. The third-order valence-corrected chi connectivity index (χ3v) is 2.87. The van der Waals surface area contributed by atoms with Crippen molar-refractivity contribution in [2.24, 2.45) is 0 Å². The van der Waals surface area contributed by atoms with Crippen LogP contribution in [-0.4, -0.2) is 17.6 Å². The molecular formula is C12H10BrNO2. The van der Waals surface area contributed by atoms with Gasteiger partial charge in [-0.15, -0.1) is 0 Å². The second-order valence-electron chi connectivity index (χ2n) is 3.21. The average molecular weight is 280 g/mol. The van der Waals surface area contributed by atoms with Gasteiger partial charge in [0.05, 0.1) is 17.7 Å². The lowest BCUT2D eigenvalue weighted by Gasteiger charge is -2.06. The van der Waals surface area contributed by atoms with Crippen LogP contribution < -0.4 is 0 Å². The highest BCUT2D eigenvalue weighted by Crippen LogP contribution is 2.26. The second kappa shape index (κ2) is 4.61. The first-order valence-electron chi connectivity index (χ1n) is 4.94. The van der Waals surface area contributed by atoms with Crippen molar-refractivity contribution in [3.8, 4) is 0 Å². The van der Waals surface area contributed by atoms with Gasteiger partial charge in [-0.3, -0.25) is 4.98 Å². The molecule has 82 valence electrons. The molecule has 2 rings (SSSR count). The summed E-state index contributed by atoms with van der Waals surface area (Å²) >= 11 is 3.42. The summed E-state index contributed by atoms with van der Waals surface area (Å²) in [7, 11) is 0. The molecule has 0 spiro atoms. The van der Waals surface area contributed by atoms with Gasteiger partial charge in [0.1, 0.15) is 0 Å². The maximum Gasteiger partial charge on any atom is 0.338 e. The van der Waals surface area contributed by atoms with Crippen molar-refractivity contribution in [1.82, 2.24) is 4.98 Å². The molecule has 0 bridgehead atoms. The van der Waals surface area contributed by atoms with Crippen molar-refractivity contribution < 1.29 is 9.53 Å². The van der Waals surface area contributed by atoms with E-state index >= 15 is 0 Å². The van der Waals surface area contributed by atoms with E-state index in [9.17, 15) is 4.79 Å². The van der Waals surface area contributed by atoms with Gasteiger partial charge in [0.15, 0.2) is 0 Å². The Morgan fingerprint density at radius 3 is 3.00 bits per heavy atom. The van der Waals surface area contributed by atoms with Gasteiger partial charge in [-0.25, -0.2) is 4.79 Å². The van der Waals surface area contributed by atoms with E-state index in [4.69, 9.17) is 4.74 Å². The Bertz CT molecular complexity index is 534. The van der Waals surface area contributed by atoms with Gasteiger partial charge in [0, 0.05) is 16.1 Å². The van der Waals surface area contributed by atoms with E-state index < -0.39 is 0 Å². The van der Waals surface area contributed by atoms with Crippen LogP contribution in [0.15, 0.2) is 34.9 Å². The topological polar surface area (TPSA) is 39.2 Å². The van der Waals surface area contributed by atoms with Crippen molar-refractivity contribution in [1.29, 1.82) is 0 Å². The predicted octanol–water partition coefficient (Wildman–Crippen LogP) is 3.17. The molecule has 0 unspecified atom stereocenters. The zero-order valence-electron chi connectivity index (χ0n) is 8.74. The van der Waals surface area contributed by atoms with E-state index in [1.807, 2.05) is 12.1 Å². The first-order valence-corrected chi connectivity index (χ1v) is 5.73. The molecule has 16 heavy (non-hydrogen) atoms. The minimum atomic E-state index is -0.318. The van der Waals surface area contributed by atoms with Crippen LogP contribution in [0.1, 0.15) is 17.3 Å². The van der Waals surface area contributed by atoms with E-state index in [0.717, 1.165) is 15.4 Å². The molecule has 2 aromatic rings. The molecule has 0 aliphatic rings. The number of carbonyl (C=O) groups is 1. The molecule has 0 saturated carbocycles. The number of aromatic nitrogens is 1. The number of esters is 1. The van der Waals surface area contributed by atoms with Crippen LogP contribution >= 0.6 is 15.9 Å². The largest absolute Gasteiger partial charge is 0.462 e. The van der Waals surface area contributed by atoms with Gasteiger partial charge in [-0.1, -0.05) is 22.0 Å². The fourth-order valence-electron chi connectivity index (χ4n) is 1.54. The van der Waals surface area contributed by atoms with Crippen molar-refractivity contribution >= 4 is 32.8 Å². The van der Waals surface area contributed by atoms with Crippen molar-refractivity contribution in [2.75, 3.05) is 6.61 Å². The molecular weight excluding hydrogens is 270 g/mol. The molecule has 0 radical (unpaired) electrons. The molecule has 3 nitrogen and oxygen atoms in total. The van der Waals surface area contributed by atoms with Crippen LogP contribution in [0.3, 0.4) is 0 Å². The van der Waals surface area contributed by atoms with Crippen LogP contribution in [0.5, 0.6) is 0 Å². The molecule has 0 N–H and O–H groups in total. The highest BCUT2D eigenvalue weighted by Gasteiger charge is 2.13. The summed E-state index contributed by atoms with van der Waals surface area (Å²) in [5.41, 5.74) is 1.32. The molecule has 0 aliphatic carbocycles. The molecule has 0 aliphatic heterocycles. The normalized spacial score (nSPS) is 10.4. The molecule has 1 heterocycles. The summed E-state index contributed by atoms with van der Waals surface area (Å²) in [6, 6.07) is 7.22. The minimum Gasteiger partial charge on any atom is -0.462 e.